The molecule has 1 aromatic heterocycles. The first-order valence-corrected chi connectivity index (χ1v) is 10.2. The van der Waals surface area contributed by atoms with Crippen molar-refractivity contribution >= 4 is 28.2 Å². The molecule has 0 saturated heterocycles. The van der Waals surface area contributed by atoms with Gasteiger partial charge in [-0.3, -0.25) is 4.79 Å². The lowest BCUT2D eigenvalue weighted by atomic mass is 10.0. The van der Waals surface area contributed by atoms with Crippen molar-refractivity contribution in [3.05, 3.63) is 41.3 Å². The molecule has 1 heterocycles. The van der Waals surface area contributed by atoms with E-state index in [0.717, 1.165) is 30.6 Å². The number of ether oxygens (including phenoxy) is 1. The number of benzene rings is 1. The number of esters is 1. The maximum atomic E-state index is 12.5. The molecule has 0 aliphatic carbocycles. The summed E-state index contributed by atoms with van der Waals surface area (Å²) in [4.78, 5) is 26.2. The van der Waals surface area contributed by atoms with Crippen molar-refractivity contribution in [2.45, 2.75) is 13.3 Å². The first-order chi connectivity index (χ1) is 13.0. The van der Waals surface area contributed by atoms with Crippen LogP contribution in [0.2, 0.25) is 0 Å². The van der Waals surface area contributed by atoms with Crippen LogP contribution in [0.5, 0.6) is 0 Å². The van der Waals surface area contributed by atoms with Crippen molar-refractivity contribution in [2.24, 2.45) is 0 Å². The fourth-order valence-electron chi connectivity index (χ4n) is 2.70. The largest absolute Gasteiger partial charge is 0.462 e. The van der Waals surface area contributed by atoms with Gasteiger partial charge in [-0.25, -0.2) is 4.79 Å². The van der Waals surface area contributed by atoms with Gasteiger partial charge in [0.05, 0.1) is 33.8 Å². The molecule has 0 unspecified atom stereocenters. The fraction of sp³-hybridized carbons (Fsp3) is 0.400. The van der Waals surface area contributed by atoms with E-state index in [1.54, 1.807) is 6.92 Å². The average Bonchev–Trinajstić information content (AvgIpc) is 3.05. The molecule has 1 aromatic carbocycles. The predicted molar refractivity (Wildman–Crippen MR) is 108 cm³/mol. The molecule has 4 N–H and O–H groups in total. The van der Waals surface area contributed by atoms with Gasteiger partial charge in [0.1, 0.15) is 10.6 Å². The van der Waals surface area contributed by atoms with Crippen molar-refractivity contribution in [1.29, 1.82) is 0 Å². The standard InChI is InChI=1S/C20H27N3O3S/c1-4-26-20(25)18-16(15-9-6-5-7-10-15)14-27-19(18)22-17(24)13-21-11-8-12-23(2)3/h5-7,9-10,14,21H,4,8,11-13H2,1-3H3,(H,22,24)/p+2. The van der Waals surface area contributed by atoms with Gasteiger partial charge in [0.2, 0.25) is 0 Å². The number of anilines is 1. The van der Waals surface area contributed by atoms with Crippen molar-refractivity contribution in [1.82, 2.24) is 0 Å². The van der Waals surface area contributed by atoms with Crippen LogP contribution in [-0.4, -0.2) is 52.2 Å². The summed E-state index contributed by atoms with van der Waals surface area (Å²) in [5, 5.41) is 7.31. The molecule has 0 bridgehead atoms. The van der Waals surface area contributed by atoms with Crippen LogP contribution in [0.1, 0.15) is 23.7 Å². The Morgan fingerprint density at radius 3 is 2.63 bits per heavy atom. The number of carbonyl (C=O) groups is 2. The van der Waals surface area contributed by atoms with Crippen LogP contribution < -0.4 is 15.5 Å². The Balaban J connectivity index is 2.06. The predicted octanol–water partition coefficient (Wildman–Crippen LogP) is 0.628. The molecular formula is C20H29N3O3S+2. The average molecular weight is 392 g/mol. The Morgan fingerprint density at radius 1 is 1.22 bits per heavy atom. The molecular weight excluding hydrogens is 362 g/mol. The normalized spacial score (nSPS) is 10.8. The Bertz CT molecular complexity index is 744. The molecule has 2 aromatic rings. The molecule has 2 rings (SSSR count). The van der Waals surface area contributed by atoms with E-state index in [1.165, 1.54) is 16.2 Å². The SMILES string of the molecule is CCOC(=O)c1c(-c2ccccc2)csc1NC(=O)C[NH2+]CCC[NH+](C)C. The van der Waals surface area contributed by atoms with E-state index in [9.17, 15) is 9.59 Å². The number of nitrogens with two attached hydrogens (primary N) is 1. The van der Waals surface area contributed by atoms with Gasteiger partial charge in [0.25, 0.3) is 5.91 Å². The molecule has 146 valence electrons. The second-order valence-corrected chi connectivity index (χ2v) is 7.46. The minimum atomic E-state index is -0.411. The van der Waals surface area contributed by atoms with Crippen LogP contribution in [0.25, 0.3) is 11.1 Å². The third-order valence-electron chi connectivity index (χ3n) is 4.02. The third-order valence-corrected chi connectivity index (χ3v) is 4.92. The lowest BCUT2D eigenvalue weighted by molar-refractivity contribution is -0.860. The van der Waals surface area contributed by atoms with Gasteiger partial charge in [-0.05, 0) is 12.5 Å². The summed E-state index contributed by atoms with van der Waals surface area (Å²) in [5.74, 6) is -0.523. The minimum absolute atomic E-state index is 0.112. The molecule has 0 spiro atoms. The van der Waals surface area contributed by atoms with Crippen LogP contribution in [0.15, 0.2) is 35.7 Å². The molecule has 27 heavy (non-hydrogen) atoms. The zero-order valence-corrected chi connectivity index (χ0v) is 17.0. The van der Waals surface area contributed by atoms with Crippen LogP contribution in [0.3, 0.4) is 0 Å². The Morgan fingerprint density at radius 2 is 1.96 bits per heavy atom. The highest BCUT2D eigenvalue weighted by atomic mass is 32.1. The maximum Gasteiger partial charge on any atom is 0.341 e. The first-order valence-electron chi connectivity index (χ1n) is 9.27. The van der Waals surface area contributed by atoms with Crippen LogP contribution in [0.4, 0.5) is 5.00 Å². The monoisotopic (exact) mass is 391 g/mol. The molecule has 0 fully saturated rings. The van der Waals surface area contributed by atoms with E-state index < -0.39 is 5.97 Å². The summed E-state index contributed by atoms with van der Waals surface area (Å²) in [6, 6.07) is 9.65. The van der Waals surface area contributed by atoms with Crippen LogP contribution in [-0.2, 0) is 9.53 Å². The van der Waals surface area contributed by atoms with Crippen molar-refractivity contribution in [3.8, 4) is 11.1 Å². The van der Waals surface area contributed by atoms with Crippen LogP contribution in [0, 0.1) is 0 Å². The van der Waals surface area contributed by atoms with E-state index in [-0.39, 0.29) is 12.5 Å². The van der Waals surface area contributed by atoms with Crippen LogP contribution >= 0.6 is 11.3 Å². The van der Waals surface area contributed by atoms with Gasteiger partial charge in [0, 0.05) is 17.4 Å². The highest BCUT2D eigenvalue weighted by Crippen LogP contribution is 2.36. The molecule has 6 nitrogen and oxygen atoms in total. The maximum absolute atomic E-state index is 12.5. The second-order valence-electron chi connectivity index (χ2n) is 6.58. The number of carbonyl (C=O) groups excluding carboxylic acids is 2. The fourth-order valence-corrected chi connectivity index (χ4v) is 3.67. The van der Waals surface area contributed by atoms with Gasteiger partial charge in [-0.2, -0.15) is 0 Å². The first kappa shape index (κ1) is 21.1. The number of rotatable bonds is 10. The molecule has 0 atom stereocenters. The highest BCUT2D eigenvalue weighted by molar-refractivity contribution is 7.15. The number of thiophene rings is 1. The molecule has 1 amide bonds. The van der Waals surface area contributed by atoms with Crippen molar-refractivity contribution in [2.75, 3.05) is 45.7 Å². The smallest absolute Gasteiger partial charge is 0.341 e. The molecule has 7 heteroatoms. The summed E-state index contributed by atoms with van der Waals surface area (Å²) in [7, 11) is 4.23. The highest BCUT2D eigenvalue weighted by Gasteiger charge is 2.22. The Labute approximate surface area is 164 Å². The lowest BCUT2D eigenvalue weighted by Crippen LogP contribution is -3.06. The second kappa shape index (κ2) is 10.8. The van der Waals surface area contributed by atoms with Gasteiger partial charge >= 0.3 is 5.97 Å². The topological polar surface area (TPSA) is 76.4 Å². The number of hydrogen-bond donors (Lipinski definition) is 3. The number of hydrogen-bond acceptors (Lipinski definition) is 4. The lowest BCUT2D eigenvalue weighted by Gasteiger charge is -2.09. The quantitative estimate of drug-likeness (QED) is 0.411. The third kappa shape index (κ3) is 6.46. The van der Waals surface area contributed by atoms with Gasteiger partial charge in [-0.1, -0.05) is 30.3 Å². The van der Waals surface area contributed by atoms with Gasteiger partial charge < -0.3 is 20.3 Å². The van der Waals surface area contributed by atoms with E-state index in [4.69, 9.17) is 4.74 Å². The summed E-state index contributed by atoms with van der Waals surface area (Å²) in [6.07, 6.45) is 1.06. The summed E-state index contributed by atoms with van der Waals surface area (Å²) < 4.78 is 5.21. The van der Waals surface area contributed by atoms with Gasteiger partial charge in [0.15, 0.2) is 6.54 Å². The minimum Gasteiger partial charge on any atom is -0.462 e. The van der Waals surface area contributed by atoms with Crippen molar-refractivity contribution in [3.63, 3.8) is 0 Å². The molecule has 0 radical (unpaired) electrons. The number of quaternary nitrogens is 2. The van der Waals surface area contributed by atoms with E-state index in [0.29, 0.717) is 17.1 Å². The van der Waals surface area contributed by atoms with E-state index >= 15 is 0 Å². The number of amides is 1. The Hall–Kier alpha value is -2.22. The zero-order chi connectivity index (χ0) is 19.6. The Kier molecular flexibility index (Phi) is 8.44. The molecule has 0 aliphatic rings. The zero-order valence-electron chi connectivity index (χ0n) is 16.2. The number of nitrogens with one attached hydrogen (secondary N) is 2. The van der Waals surface area contributed by atoms with Gasteiger partial charge in [-0.15, -0.1) is 11.3 Å². The molecule has 0 aliphatic heterocycles. The van der Waals surface area contributed by atoms with E-state index in [2.05, 4.69) is 19.4 Å². The summed E-state index contributed by atoms with van der Waals surface area (Å²) in [5.41, 5.74) is 2.14. The van der Waals surface area contributed by atoms with E-state index in [1.807, 2.05) is 41.0 Å². The summed E-state index contributed by atoms with van der Waals surface area (Å²) >= 11 is 1.35. The van der Waals surface area contributed by atoms with Crippen molar-refractivity contribution < 1.29 is 24.5 Å². The summed E-state index contributed by atoms with van der Waals surface area (Å²) in [6.45, 7) is 4.39. The molecule has 0 saturated carbocycles.